The van der Waals surface area contributed by atoms with Gasteiger partial charge in [-0.3, -0.25) is 4.79 Å². The predicted octanol–water partition coefficient (Wildman–Crippen LogP) is 4.37. The van der Waals surface area contributed by atoms with Crippen LogP contribution in [0.5, 0.6) is 11.5 Å². The van der Waals surface area contributed by atoms with Crippen molar-refractivity contribution in [2.75, 3.05) is 20.0 Å². The summed E-state index contributed by atoms with van der Waals surface area (Å²) in [5.74, 6) is 1.28. The summed E-state index contributed by atoms with van der Waals surface area (Å²) in [5, 5.41) is 4.44. The standard InChI is InChI=1S/C24H21N3O3/c1-29-18-9-10-19(23(15-18)30-2)21-12-13-26-27(21)22-11-8-17(14-20(22)25)24(28)16-6-4-3-5-7-16/h3-15H,25H2,1-2H3. The van der Waals surface area contributed by atoms with Crippen LogP contribution in [0.25, 0.3) is 16.9 Å². The Labute approximate surface area is 174 Å². The van der Waals surface area contributed by atoms with Gasteiger partial charge in [-0.1, -0.05) is 30.3 Å². The molecule has 30 heavy (non-hydrogen) atoms. The number of nitrogens with two attached hydrogens (primary N) is 1. The van der Waals surface area contributed by atoms with E-state index in [4.69, 9.17) is 15.2 Å². The Hall–Kier alpha value is -4.06. The van der Waals surface area contributed by atoms with Gasteiger partial charge in [0.1, 0.15) is 11.5 Å². The van der Waals surface area contributed by atoms with E-state index < -0.39 is 0 Å². The van der Waals surface area contributed by atoms with Gasteiger partial charge < -0.3 is 15.2 Å². The summed E-state index contributed by atoms with van der Waals surface area (Å²) in [6.07, 6.45) is 1.70. The van der Waals surface area contributed by atoms with Gasteiger partial charge in [-0.2, -0.15) is 5.10 Å². The second kappa shape index (κ2) is 8.13. The van der Waals surface area contributed by atoms with E-state index in [-0.39, 0.29) is 5.78 Å². The zero-order valence-corrected chi connectivity index (χ0v) is 16.7. The molecule has 0 amide bonds. The Balaban J connectivity index is 1.74. The fourth-order valence-electron chi connectivity index (χ4n) is 3.35. The molecule has 0 atom stereocenters. The van der Waals surface area contributed by atoms with Crippen molar-refractivity contribution >= 4 is 11.5 Å². The maximum atomic E-state index is 12.7. The molecule has 3 aromatic carbocycles. The van der Waals surface area contributed by atoms with Crippen LogP contribution in [0.2, 0.25) is 0 Å². The number of hydrogen-bond acceptors (Lipinski definition) is 5. The van der Waals surface area contributed by atoms with Gasteiger partial charge in [0.2, 0.25) is 0 Å². The van der Waals surface area contributed by atoms with Gasteiger partial charge in [-0.25, -0.2) is 4.68 Å². The van der Waals surface area contributed by atoms with Crippen molar-refractivity contribution in [2.24, 2.45) is 0 Å². The minimum atomic E-state index is -0.0774. The second-order valence-corrected chi connectivity index (χ2v) is 6.66. The van der Waals surface area contributed by atoms with E-state index in [1.54, 1.807) is 55.4 Å². The first kappa shape index (κ1) is 19.3. The third-order valence-corrected chi connectivity index (χ3v) is 4.88. The van der Waals surface area contributed by atoms with E-state index in [0.29, 0.717) is 34.0 Å². The van der Waals surface area contributed by atoms with Crippen LogP contribution >= 0.6 is 0 Å². The highest BCUT2D eigenvalue weighted by Gasteiger charge is 2.16. The van der Waals surface area contributed by atoms with Crippen LogP contribution in [0.1, 0.15) is 15.9 Å². The van der Waals surface area contributed by atoms with E-state index in [0.717, 1.165) is 11.3 Å². The number of ether oxygens (including phenoxy) is 2. The molecular weight excluding hydrogens is 378 g/mol. The SMILES string of the molecule is COc1ccc(-c2ccnn2-c2ccc(C(=O)c3ccccc3)cc2N)c(OC)c1. The van der Waals surface area contributed by atoms with Crippen LogP contribution in [0, 0.1) is 0 Å². The van der Waals surface area contributed by atoms with Crippen LogP contribution in [-0.4, -0.2) is 29.8 Å². The number of benzene rings is 3. The fourth-order valence-corrected chi connectivity index (χ4v) is 3.35. The average Bonchev–Trinajstić information content (AvgIpc) is 3.27. The molecule has 2 N–H and O–H groups in total. The van der Waals surface area contributed by atoms with Crippen molar-refractivity contribution in [1.82, 2.24) is 9.78 Å². The monoisotopic (exact) mass is 399 g/mol. The van der Waals surface area contributed by atoms with Crippen molar-refractivity contribution < 1.29 is 14.3 Å². The highest BCUT2D eigenvalue weighted by Crippen LogP contribution is 2.35. The minimum Gasteiger partial charge on any atom is -0.497 e. The highest BCUT2D eigenvalue weighted by atomic mass is 16.5. The molecule has 0 spiro atoms. The first-order valence-corrected chi connectivity index (χ1v) is 9.38. The molecular formula is C24H21N3O3. The molecule has 0 aliphatic heterocycles. The number of anilines is 1. The lowest BCUT2D eigenvalue weighted by molar-refractivity contribution is 0.103. The lowest BCUT2D eigenvalue weighted by Gasteiger charge is -2.14. The number of methoxy groups -OCH3 is 2. The molecule has 0 aliphatic rings. The van der Waals surface area contributed by atoms with Crippen LogP contribution in [0.4, 0.5) is 5.69 Å². The number of hydrogen-bond donors (Lipinski definition) is 1. The maximum absolute atomic E-state index is 12.7. The largest absolute Gasteiger partial charge is 0.497 e. The summed E-state index contributed by atoms with van der Waals surface area (Å²) >= 11 is 0. The number of aromatic nitrogens is 2. The topological polar surface area (TPSA) is 79.4 Å². The smallest absolute Gasteiger partial charge is 0.193 e. The number of ketones is 1. The molecule has 0 radical (unpaired) electrons. The summed E-state index contributed by atoms with van der Waals surface area (Å²) in [7, 11) is 3.22. The molecule has 0 saturated carbocycles. The van der Waals surface area contributed by atoms with Crippen molar-refractivity contribution in [3.63, 3.8) is 0 Å². The predicted molar refractivity (Wildman–Crippen MR) is 116 cm³/mol. The van der Waals surface area contributed by atoms with E-state index in [1.807, 2.05) is 42.5 Å². The summed E-state index contributed by atoms with van der Waals surface area (Å²) in [4.78, 5) is 12.7. The molecule has 150 valence electrons. The van der Waals surface area contributed by atoms with Gasteiger partial charge in [0.15, 0.2) is 5.78 Å². The van der Waals surface area contributed by atoms with Gasteiger partial charge >= 0.3 is 0 Å². The Kier molecular flexibility index (Phi) is 5.22. The molecule has 1 aromatic heterocycles. The molecule has 4 rings (SSSR count). The van der Waals surface area contributed by atoms with Gasteiger partial charge in [-0.15, -0.1) is 0 Å². The van der Waals surface area contributed by atoms with Crippen LogP contribution in [-0.2, 0) is 0 Å². The normalized spacial score (nSPS) is 10.6. The Bertz CT molecular complexity index is 1200. The molecule has 6 nitrogen and oxygen atoms in total. The summed E-state index contributed by atoms with van der Waals surface area (Å²) in [6, 6.07) is 21.8. The van der Waals surface area contributed by atoms with Gasteiger partial charge in [0.25, 0.3) is 0 Å². The summed E-state index contributed by atoms with van der Waals surface area (Å²) < 4.78 is 12.5. The zero-order valence-electron chi connectivity index (χ0n) is 16.7. The summed E-state index contributed by atoms with van der Waals surface area (Å²) in [5.41, 5.74) is 10.3. The Morgan fingerprint density at radius 2 is 1.70 bits per heavy atom. The number of nitrogens with zero attached hydrogens (tertiary/aromatic N) is 2. The highest BCUT2D eigenvalue weighted by molar-refractivity contribution is 6.09. The Morgan fingerprint density at radius 1 is 0.900 bits per heavy atom. The van der Waals surface area contributed by atoms with Crippen molar-refractivity contribution in [3.05, 3.63) is 90.1 Å². The van der Waals surface area contributed by atoms with Crippen molar-refractivity contribution in [2.45, 2.75) is 0 Å². The lowest BCUT2D eigenvalue weighted by atomic mass is 10.0. The number of carbonyl (C=O) groups excluding carboxylic acids is 1. The molecule has 0 unspecified atom stereocenters. The quantitative estimate of drug-likeness (QED) is 0.385. The van der Waals surface area contributed by atoms with Gasteiger partial charge in [0.05, 0.1) is 37.5 Å². The van der Waals surface area contributed by atoms with Crippen LogP contribution in [0.15, 0.2) is 79.0 Å². The molecule has 4 aromatic rings. The minimum absolute atomic E-state index is 0.0774. The number of rotatable bonds is 6. The average molecular weight is 399 g/mol. The van der Waals surface area contributed by atoms with E-state index >= 15 is 0 Å². The zero-order chi connectivity index (χ0) is 21.1. The molecule has 1 heterocycles. The molecule has 0 aliphatic carbocycles. The van der Waals surface area contributed by atoms with Crippen LogP contribution in [0.3, 0.4) is 0 Å². The van der Waals surface area contributed by atoms with Gasteiger partial charge in [0, 0.05) is 22.8 Å². The Morgan fingerprint density at radius 3 is 2.40 bits per heavy atom. The lowest BCUT2D eigenvalue weighted by Crippen LogP contribution is -2.07. The first-order valence-electron chi connectivity index (χ1n) is 9.38. The third kappa shape index (κ3) is 3.51. The first-order chi connectivity index (χ1) is 14.6. The summed E-state index contributed by atoms with van der Waals surface area (Å²) in [6.45, 7) is 0. The molecule has 0 bridgehead atoms. The molecule has 0 fully saturated rings. The van der Waals surface area contributed by atoms with E-state index in [1.165, 1.54) is 0 Å². The van der Waals surface area contributed by atoms with E-state index in [2.05, 4.69) is 5.10 Å². The van der Waals surface area contributed by atoms with Crippen molar-refractivity contribution in [3.8, 4) is 28.4 Å². The third-order valence-electron chi connectivity index (χ3n) is 4.88. The number of nitrogen functional groups attached to an aromatic ring is 1. The van der Waals surface area contributed by atoms with Crippen molar-refractivity contribution in [1.29, 1.82) is 0 Å². The second-order valence-electron chi connectivity index (χ2n) is 6.66. The fraction of sp³-hybridized carbons (Fsp3) is 0.0833. The number of carbonyl (C=O) groups is 1. The molecule has 0 saturated heterocycles. The maximum Gasteiger partial charge on any atom is 0.193 e. The van der Waals surface area contributed by atoms with Crippen LogP contribution < -0.4 is 15.2 Å². The van der Waals surface area contributed by atoms with Gasteiger partial charge in [-0.05, 0) is 36.4 Å². The molecule has 6 heteroatoms. The van der Waals surface area contributed by atoms with E-state index in [9.17, 15) is 4.79 Å².